The van der Waals surface area contributed by atoms with Gasteiger partial charge in [-0.2, -0.15) is 13.2 Å². The molecule has 0 aliphatic carbocycles. The zero-order chi connectivity index (χ0) is 20.3. The van der Waals surface area contributed by atoms with Crippen LogP contribution in [0.2, 0.25) is 0 Å². The van der Waals surface area contributed by atoms with E-state index < -0.39 is 23.8 Å². The maximum absolute atomic E-state index is 12.7. The molecule has 5 nitrogen and oxygen atoms in total. The van der Waals surface area contributed by atoms with Crippen molar-refractivity contribution in [2.24, 2.45) is 0 Å². The number of hydrogen-bond acceptors (Lipinski definition) is 3. The van der Waals surface area contributed by atoms with Crippen molar-refractivity contribution in [2.45, 2.75) is 12.3 Å². The number of nitrogens with zero attached hydrogens (tertiary/aromatic N) is 1. The third-order valence-electron chi connectivity index (χ3n) is 4.23. The van der Waals surface area contributed by atoms with Crippen molar-refractivity contribution in [1.29, 1.82) is 0 Å². The van der Waals surface area contributed by atoms with Gasteiger partial charge < -0.3 is 15.0 Å². The highest BCUT2D eigenvalue weighted by Crippen LogP contribution is 2.33. The summed E-state index contributed by atoms with van der Waals surface area (Å²) < 4.78 is 43.5. The number of likely N-dealkylation sites (N-methyl/N-ethyl adjacent to an activating group) is 1. The number of amides is 2. The molecule has 0 radical (unpaired) electrons. The summed E-state index contributed by atoms with van der Waals surface area (Å²) >= 11 is 0. The van der Waals surface area contributed by atoms with Crippen molar-refractivity contribution in [3.05, 3.63) is 65.7 Å². The SMILES string of the molecule is CNC(=O)[C@@H]1CN(C(=O)/C=C/c2ccc(C(F)(F)F)cc2)c2ccccc2O1. The summed E-state index contributed by atoms with van der Waals surface area (Å²) in [6, 6.07) is 11.3. The molecule has 2 amide bonds. The molecule has 0 spiro atoms. The number of para-hydroxylation sites is 2. The van der Waals surface area contributed by atoms with E-state index in [0.29, 0.717) is 17.0 Å². The second-order valence-electron chi connectivity index (χ2n) is 6.09. The molecule has 1 atom stereocenters. The number of halogens is 3. The number of rotatable bonds is 3. The second kappa shape index (κ2) is 7.75. The third-order valence-corrected chi connectivity index (χ3v) is 4.23. The summed E-state index contributed by atoms with van der Waals surface area (Å²) in [6.45, 7) is 0.0207. The molecular weight excluding hydrogens is 373 g/mol. The van der Waals surface area contributed by atoms with Crippen molar-refractivity contribution in [1.82, 2.24) is 5.32 Å². The van der Waals surface area contributed by atoms with Crippen LogP contribution in [0.4, 0.5) is 18.9 Å². The summed E-state index contributed by atoms with van der Waals surface area (Å²) in [7, 11) is 1.48. The number of ether oxygens (including phenoxy) is 1. The first kappa shape index (κ1) is 19.5. The number of alkyl halides is 3. The van der Waals surface area contributed by atoms with Crippen LogP contribution in [0.25, 0.3) is 6.08 Å². The Morgan fingerprint density at radius 1 is 1.14 bits per heavy atom. The Kier molecular flexibility index (Phi) is 5.39. The smallest absolute Gasteiger partial charge is 0.416 e. The van der Waals surface area contributed by atoms with Crippen molar-refractivity contribution < 1.29 is 27.5 Å². The minimum atomic E-state index is -4.41. The van der Waals surface area contributed by atoms with E-state index in [0.717, 1.165) is 12.1 Å². The fraction of sp³-hybridized carbons (Fsp3) is 0.200. The Balaban J connectivity index is 1.81. The van der Waals surface area contributed by atoms with Gasteiger partial charge in [-0.25, -0.2) is 0 Å². The van der Waals surface area contributed by atoms with Crippen molar-refractivity contribution in [3.63, 3.8) is 0 Å². The lowest BCUT2D eigenvalue weighted by Gasteiger charge is -2.33. The minimum absolute atomic E-state index is 0.0207. The summed E-state index contributed by atoms with van der Waals surface area (Å²) in [5, 5.41) is 2.49. The van der Waals surface area contributed by atoms with Gasteiger partial charge in [-0.15, -0.1) is 0 Å². The molecule has 28 heavy (non-hydrogen) atoms. The first-order valence-electron chi connectivity index (χ1n) is 8.43. The molecule has 1 aliphatic rings. The van der Waals surface area contributed by atoms with Crippen LogP contribution in [0.3, 0.4) is 0 Å². The van der Waals surface area contributed by atoms with E-state index >= 15 is 0 Å². The number of hydrogen-bond donors (Lipinski definition) is 1. The van der Waals surface area contributed by atoms with Gasteiger partial charge in [0.2, 0.25) is 0 Å². The van der Waals surface area contributed by atoms with E-state index in [2.05, 4.69) is 5.32 Å². The van der Waals surface area contributed by atoms with Crippen LogP contribution in [0.15, 0.2) is 54.6 Å². The summed E-state index contributed by atoms with van der Waals surface area (Å²) in [4.78, 5) is 26.0. The van der Waals surface area contributed by atoms with E-state index in [4.69, 9.17) is 4.74 Å². The summed E-state index contributed by atoms with van der Waals surface area (Å²) in [5.74, 6) is -0.373. The van der Waals surface area contributed by atoms with E-state index in [1.165, 1.54) is 36.2 Å². The fourth-order valence-corrected chi connectivity index (χ4v) is 2.78. The van der Waals surface area contributed by atoms with Crippen LogP contribution in [-0.4, -0.2) is 31.5 Å². The van der Waals surface area contributed by atoms with Crippen LogP contribution in [0, 0.1) is 0 Å². The van der Waals surface area contributed by atoms with Crippen LogP contribution >= 0.6 is 0 Å². The molecule has 2 aromatic rings. The van der Waals surface area contributed by atoms with Crippen molar-refractivity contribution >= 4 is 23.6 Å². The zero-order valence-corrected chi connectivity index (χ0v) is 14.9. The van der Waals surface area contributed by atoms with Crippen LogP contribution < -0.4 is 15.0 Å². The lowest BCUT2D eigenvalue weighted by molar-refractivity contribution is -0.137. The van der Waals surface area contributed by atoms with Gasteiger partial charge in [0.1, 0.15) is 5.75 Å². The highest BCUT2D eigenvalue weighted by Gasteiger charge is 2.32. The molecule has 0 saturated carbocycles. The molecule has 1 heterocycles. The average Bonchev–Trinajstić information content (AvgIpc) is 2.70. The molecule has 3 rings (SSSR count). The van der Waals surface area contributed by atoms with Gasteiger partial charge in [-0.05, 0) is 35.9 Å². The van der Waals surface area contributed by atoms with Crippen LogP contribution in [0.1, 0.15) is 11.1 Å². The predicted octanol–water partition coefficient (Wildman–Crippen LogP) is 3.26. The Bertz CT molecular complexity index is 908. The molecule has 2 aromatic carbocycles. The Hall–Kier alpha value is -3.29. The highest BCUT2D eigenvalue weighted by molar-refractivity contribution is 6.05. The number of fused-ring (bicyclic) bond motifs is 1. The van der Waals surface area contributed by atoms with Gasteiger partial charge in [0.25, 0.3) is 11.8 Å². The zero-order valence-electron chi connectivity index (χ0n) is 14.9. The molecule has 1 aliphatic heterocycles. The van der Waals surface area contributed by atoms with Crippen LogP contribution in [-0.2, 0) is 15.8 Å². The number of anilines is 1. The number of benzene rings is 2. The van der Waals surface area contributed by atoms with E-state index in [1.54, 1.807) is 24.3 Å². The average molecular weight is 390 g/mol. The number of nitrogens with one attached hydrogen (secondary N) is 1. The van der Waals surface area contributed by atoms with Gasteiger partial charge >= 0.3 is 6.18 Å². The molecule has 0 saturated heterocycles. The highest BCUT2D eigenvalue weighted by atomic mass is 19.4. The van der Waals surface area contributed by atoms with Crippen molar-refractivity contribution in [3.8, 4) is 5.75 Å². The van der Waals surface area contributed by atoms with E-state index in [9.17, 15) is 22.8 Å². The Morgan fingerprint density at radius 3 is 2.46 bits per heavy atom. The van der Waals surface area contributed by atoms with Gasteiger partial charge in [-0.3, -0.25) is 9.59 Å². The summed E-state index contributed by atoms with van der Waals surface area (Å²) in [5.41, 5.74) is 0.210. The topological polar surface area (TPSA) is 58.6 Å². The largest absolute Gasteiger partial charge is 0.477 e. The van der Waals surface area contributed by atoms with Crippen molar-refractivity contribution in [2.75, 3.05) is 18.5 Å². The third kappa shape index (κ3) is 4.16. The standard InChI is InChI=1S/C20H17F3N2O3/c1-24-19(27)17-12-25(15-4-2-3-5-16(15)28-17)18(26)11-8-13-6-9-14(10-7-13)20(21,22)23/h2-11,17H,12H2,1H3,(H,24,27)/b11-8+/t17-/m0/s1. The first-order chi connectivity index (χ1) is 13.3. The molecule has 0 unspecified atom stereocenters. The quantitative estimate of drug-likeness (QED) is 0.819. The lowest BCUT2D eigenvalue weighted by Crippen LogP contribution is -2.49. The van der Waals surface area contributed by atoms with Gasteiger partial charge in [0.05, 0.1) is 17.8 Å². The fourth-order valence-electron chi connectivity index (χ4n) is 2.78. The molecule has 0 bridgehead atoms. The molecule has 1 N–H and O–H groups in total. The maximum Gasteiger partial charge on any atom is 0.416 e. The molecule has 0 aromatic heterocycles. The number of carbonyl (C=O) groups is 2. The van der Waals surface area contributed by atoms with E-state index in [-0.39, 0.29) is 12.5 Å². The Morgan fingerprint density at radius 2 is 1.82 bits per heavy atom. The first-order valence-corrected chi connectivity index (χ1v) is 8.43. The van der Waals surface area contributed by atoms with E-state index in [1.807, 2.05) is 0 Å². The monoisotopic (exact) mass is 390 g/mol. The molecule has 146 valence electrons. The maximum atomic E-state index is 12.7. The lowest BCUT2D eigenvalue weighted by atomic mass is 10.1. The van der Waals surface area contributed by atoms with Gasteiger partial charge in [0, 0.05) is 13.1 Å². The van der Waals surface area contributed by atoms with Gasteiger partial charge in [0.15, 0.2) is 6.10 Å². The number of carbonyl (C=O) groups excluding carboxylic acids is 2. The molecule has 0 fully saturated rings. The molecule has 8 heteroatoms. The Labute approximate surface area is 159 Å². The summed E-state index contributed by atoms with van der Waals surface area (Å²) in [6.07, 6.45) is -2.59. The normalized spacial score (nSPS) is 16.4. The van der Waals surface area contributed by atoms with Crippen LogP contribution in [0.5, 0.6) is 5.75 Å². The minimum Gasteiger partial charge on any atom is -0.477 e. The van der Waals surface area contributed by atoms with Gasteiger partial charge in [-0.1, -0.05) is 24.3 Å². The molecular formula is C20H17F3N2O3. The second-order valence-corrected chi connectivity index (χ2v) is 6.09. The predicted molar refractivity (Wildman–Crippen MR) is 97.8 cm³/mol.